The second-order valence-electron chi connectivity index (χ2n) is 4.37. The van der Waals surface area contributed by atoms with Crippen LogP contribution in [0.4, 0.5) is 4.39 Å². The molecule has 0 saturated carbocycles. The monoisotopic (exact) mass is 263 g/mol. The van der Waals surface area contributed by atoms with Gasteiger partial charge in [-0.1, -0.05) is 25.1 Å². The third-order valence-corrected chi connectivity index (χ3v) is 3.81. The lowest BCUT2D eigenvalue weighted by Crippen LogP contribution is -2.32. The number of rotatable bonds is 6. The Morgan fingerprint density at radius 2 is 1.94 bits per heavy atom. The van der Waals surface area contributed by atoms with Crippen molar-refractivity contribution in [3.05, 3.63) is 58.0 Å². The second-order valence-corrected chi connectivity index (χ2v) is 5.40. The molecule has 0 aliphatic carbocycles. The average Bonchev–Trinajstić information content (AvgIpc) is 2.85. The van der Waals surface area contributed by atoms with E-state index in [4.69, 9.17) is 0 Å². The minimum Gasteiger partial charge on any atom is -0.314 e. The summed E-state index contributed by atoms with van der Waals surface area (Å²) >= 11 is 1.79. The molecule has 96 valence electrons. The zero-order chi connectivity index (χ0) is 12.8. The molecule has 1 heterocycles. The number of likely N-dealkylation sites (N-methyl/N-ethyl adjacent to an activating group) is 1. The van der Waals surface area contributed by atoms with Crippen LogP contribution in [-0.2, 0) is 12.8 Å². The number of hydrogen-bond acceptors (Lipinski definition) is 2. The minimum absolute atomic E-state index is 0.169. The number of hydrogen-bond donors (Lipinski definition) is 1. The molecule has 1 nitrogen and oxygen atoms in total. The van der Waals surface area contributed by atoms with Crippen molar-refractivity contribution in [1.29, 1.82) is 0 Å². The Morgan fingerprint density at radius 1 is 1.17 bits per heavy atom. The molecule has 1 aromatic heterocycles. The Bertz CT molecular complexity index is 450. The van der Waals surface area contributed by atoms with Gasteiger partial charge < -0.3 is 5.32 Å². The number of thiophene rings is 1. The molecule has 0 fully saturated rings. The molecule has 0 bridgehead atoms. The van der Waals surface area contributed by atoms with Crippen molar-refractivity contribution in [2.24, 2.45) is 0 Å². The third-order valence-electron chi connectivity index (χ3n) is 2.92. The maximum absolute atomic E-state index is 12.9. The highest BCUT2D eigenvalue weighted by Crippen LogP contribution is 2.14. The van der Waals surface area contributed by atoms with Gasteiger partial charge in [-0.05, 0) is 48.5 Å². The molecule has 0 saturated heterocycles. The predicted molar refractivity (Wildman–Crippen MR) is 75.6 cm³/mol. The molecule has 3 heteroatoms. The Labute approximate surface area is 112 Å². The zero-order valence-corrected chi connectivity index (χ0v) is 11.3. The summed E-state index contributed by atoms with van der Waals surface area (Å²) in [6, 6.07) is 11.5. The molecular weight excluding hydrogens is 245 g/mol. The summed E-state index contributed by atoms with van der Waals surface area (Å²) in [4.78, 5) is 1.39. The standard InChI is InChI=1S/C15H18FNS/c1-2-17-14(11-15-4-3-9-18-15)10-12-5-7-13(16)8-6-12/h3-9,14,17H,2,10-11H2,1H3. The summed E-state index contributed by atoms with van der Waals surface area (Å²) in [5.74, 6) is -0.169. The predicted octanol–water partition coefficient (Wildman–Crippen LogP) is 3.65. The van der Waals surface area contributed by atoms with Crippen molar-refractivity contribution in [2.45, 2.75) is 25.8 Å². The first-order valence-electron chi connectivity index (χ1n) is 6.28. The van der Waals surface area contributed by atoms with Crippen LogP contribution < -0.4 is 5.32 Å². The van der Waals surface area contributed by atoms with E-state index in [-0.39, 0.29) is 5.82 Å². The maximum Gasteiger partial charge on any atom is 0.123 e. The Balaban J connectivity index is 1.99. The van der Waals surface area contributed by atoms with Gasteiger partial charge >= 0.3 is 0 Å². The summed E-state index contributed by atoms with van der Waals surface area (Å²) in [7, 11) is 0. The Kier molecular flexibility index (Phi) is 4.90. The topological polar surface area (TPSA) is 12.0 Å². The summed E-state index contributed by atoms with van der Waals surface area (Å²) in [6.45, 7) is 3.07. The highest BCUT2D eigenvalue weighted by molar-refractivity contribution is 7.09. The van der Waals surface area contributed by atoms with Gasteiger partial charge in [-0.2, -0.15) is 0 Å². The lowest BCUT2D eigenvalue weighted by atomic mass is 10.0. The van der Waals surface area contributed by atoms with Crippen molar-refractivity contribution >= 4 is 11.3 Å². The van der Waals surface area contributed by atoms with E-state index in [1.807, 2.05) is 12.1 Å². The van der Waals surface area contributed by atoms with Crippen molar-refractivity contribution in [2.75, 3.05) is 6.54 Å². The lowest BCUT2D eigenvalue weighted by molar-refractivity contribution is 0.524. The van der Waals surface area contributed by atoms with Crippen molar-refractivity contribution in [3.63, 3.8) is 0 Å². The van der Waals surface area contributed by atoms with Gasteiger partial charge in [0.2, 0.25) is 0 Å². The van der Waals surface area contributed by atoms with Crippen LogP contribution in [0.15, 0.2) is 41.8 Å². The van der Waals surface area contributed by atoms with Gasteiger partial charge in [-0.3, -0.25) is 0 Å². The van der Waals surface area contributed by atoms with E-state index in [9.17, 15) is 4.39 Å². The van der Waals surface area contributed by atoms with Crippen LogP contribution in [-0.4, -0.2) is 12.6 Å². The Hall–Kier alpha value is -1.19. The van der Waals surface area contributed by atoms with Gasteiger partial charge in [-0.15, -0.1) is 11.3 Å². The number of nitrogens with one attached hydrogen (secondary N) is 1. The number of halogens is 1. The molecule has 1 aromatic carbocycles. The molecule has 0 radical (unpaired) electrons. The largest absolute Gasteiger partial charge is 0.314 e. The fraction of sp³-hybridized carbons (Fsp3) is 0.333. The van der Waals surface area contributed by atoms with E-state index in [1.165, 1.54) is 22.6 Å². The van der Waals surface area contributed by atoms with E-state index < -0.39 is 0 Å². The third kappa shape index (κ3) is 3.93. The van der Waals surface area contributed by atoms with E-state index >= 15 is 0 Å². The van der Waals surface area contributed by atoms with Crippen LogP contribution in [0.25, 0.3) is 0 Å². The lowest BCUT2D eigenvalue weighted by Gasteiger charge is -2.17. The maximum atomic E-state index is 12.9. The first-order chi connectivity index (χ1) is 8.78. The van der Waals surface area contributed by atoms with Gasteiger partial charge in [-0.25, -0.2) is 4.39 Å². The fourth-order valence-electron chi connectivity index (χ4n) is 2.08. The van der Waals surface area contributed by atoms with Crippen LogP contribution in [0.5, 0.6) is 0 Å². The van der Waals surface area contributed by atoms with Gasteiger partial charge in [0.15, 0.2) is 0 Å². The van der Waals surface area contributed by atoms with Crippen molar-refractivity contribution in [1.82, 2.24) is 5.32 Å². The summed E-state index contributed by atoms with van der Waals surface area (Å²) < 4.78 is 12.9. The molecular formula is C15H18FNS. The van der Waals surface area contributed by atoms with Crippen LogP contribution in [0.2, 0.25) is 0 Å². The van der Waals surface area contributed by atoms with Gasteiger partial charge in [0, 0.05) is 10.9 Å². The normalized spacial score (nSPS) is 12.6. The second kappa shape index (κ2) is 6.66. The molecule has 1 N–H and O–H groups in total. The zero-order valence-electron chi connectivity index (χ0n) is 10.5. The molecule has 1 unspecified atom stereocenters. The van der Waals surface area contributed by atoms with E-state index in [2.05, 4.69) is 29.8 Å². The first-order valence-corrected chi connectivity index (χ1v) is 7.16. The van der Waals surface area contributed by atoms with Gasteiger partial charge in [0.1, 0.15) is 5.82 Å². The highest BCUT2D eigenvalue weighted by atomic mass is 32.1. The molecule has 0 amide bonds. The molecule has 18 heavy (non-hydrogen) atoms. The van der Waals surface area contributed by atoms with Crippen molar-refractivity contribution < 1.29 is 4.39 Å². The molecule has 0 aliphatic rings. The van der Waals surface area contributed by atoms with Gasteiger partial charge in [0.25, 0.3) is 0 Å². The first kappa shape index (κ1) is 13.2. The smallest absolute Gasteiger partial charge is 0.123 e. The Morgan fingerprint density at radius 3 is 2.56 bits per heavy atom. The molecule has 0 spiro atoms. The summed E-state index contributed by atoms with van der Waals surface area (Å²) in [5.41, 5.74) is 1.18. The van der Waals surface area contributed by atoms with E-state index in [0.717, 1.165) is 19.4 Å². The quantitative estimate of drug-likeness (QED) is 0.839. The van der Waals surface area contributed by atoms with Crippen LogP contribution in [0.1, 0.15) is 17.4 Å². The fourth-order valence-corrected chi connectivity index (χ4v) is 2.87. The molecule has 1 atom stereocenters. The summed E-state index contributed by atoms with van der Waals surface area (Å²) in [5, 5.41) is 5.60. The van der Waals surface area contributed by atoms with Crippen molar-refractivity contribution in [3.8, 4) is 0 Å². The highest BCUT2D eigenvalue weighted by Gasteiger charge is 2.10. The van der Waals surface area contributed by atoms with E-state index in [1.54, 1.807) is 11.3 Å². The van der Waals surface area contributed by atoms with Crippen LogP contribution in [0, 0.1) is 5.82 Å². The van der Waals surface area contributed by atoms with Crippen LogP contribution in [0.3, 0.4) is 0 Å². The molecule has 2 rings (SSSR count). The minimum atomic E-state index is -0.169. The SMILES string of the molecule is CCNC(Cc1ccc(F)cc1)Cc1cccs1. The molecule has 2 aromatic rings. The number of benzene rings is 1. The summed E-state index contributed by atoms with van der Waals surface area (Å²) in [6.07, 6.45) is 1.97. The van der Waals surface area contributed by atoms with Gasteiger partial charge in [0.05, 0.1) is 0 Å². The average molecular weight is 263 g/mol. The molecule has 0 aliphatic heterocycles. The van der Waals surface area contributed by atoms with Crippen LogP contribution >= 0.6 is 11.3 Å². The van der Waals surface area contributed by atoms with E-state index in [0.29, 0.717) is 6.04 Å².